The van der Waals surface area contributed by atoms with Crippen LogP contribution < -0.4 is 4.90 Å². The molecule has 0 atom stereocenters. The molecule has 0 bridgehead atoms. The Bertz CT molecular complexity index is 479. The first-order chi connectivity index (χ1) is 7.97. The molecule has 6 heteroatoms. The van der Waals surface area contributed by atoms with Gasteiger partial charge >= 0.3 is 0 Å². The largest absolute Gasteiger partial charge is 0.369 e. The van der Waals surface area contributed by atoms with Crippen LogP contribution in [-0.4, -0.2) is 45.2 Å². The SMILES string of the molecule is CS(=O)(=O)N1CCN(c2ccc(Cl)cc2)CC1. The normalized spacial score (nSPS) is 18.4. The Morgan fingerprint density at radius 3 is 2.06 bits per heavy atom. The lowest BCUT2D eigenvalue weighted by Crippen LogP contribution is -2.48. The Labute approximate surface area is 107 Å². The van der Waals surface area contributed by atoms with E-state index in [-0.39, 0.29) is 0 Å². The second kappa shape index (κ2) is 4.84. The predicted molar refractivity (Wildman–Crippen MR) is 70.1 cm³/mol. The summed E-state index contributed by atoms with van der Waals surface area (Å²) >= 11 is 5.83. The van der Waals surface area contributed by atoms with Crippen molar-refractivity contribution in [1.29, 1.82) is 0 Å². The van der Waals surface area contributed by atoms with Crippen LogP contribution in [0.5, 0.6) is 0 Å². The maximum Gasteiger partial charge on any atom is 0.211 e. The van der Waals surface area contributed by atoms with Crippen LogP contribution in [0.3, 0.4) is 0 Å². The molecule has 94 valence electrons. The second-order valence-electron chi connectivity index (χ2n) is 4.13. The fourth-order valence-corrected chi connectivity index (χ4v) is 2.88. The molecule has 2 rings (SSSR count). The molecule has 1 aromatic carbocycles. The van der Waals surface area contributed by atoms with Gasteiger partial charge in [0.1, 0.15) is 0 Å². The molecule has 17 heavy (non-hydrogen) atoms. The van der Waals surface area contributed by atoms with Crippen molar-refractivity contribution in [1.82, 2.24) is 4.31 Å². The molecule has 1 saturated heterocycles. The lowest BCUT2D eigenvalue weighted by molar-refractivity contribution is 0.388. The zero-order chi connectivity index (χ0) is 12.5. The number of hydrogen-bond acceptors (Lipinski definition) is 3. The van der Waals surface area contributed by atoms with Crippen molar-refractivity contribution in [2.24, 2.45) is 0 Å². The van der Waals surface area contributed by atoms with Crippen LogP contribution in [0.25, 0.3) is 0 Å². The lowest BCUT2D eigenvalue weighted by Gasteiger charge is -2.34. The van der Waals surface area contributed by atoms with Gasteiger partial charge in [0.05, 0.1) is 6.26 Å². The van der Waals surface area contributed by atoms with Crippen molar-refractivity contribution < 1.29 is 8.42 Å². The van der Waals surface area contributed by atoms with Crippen molar-refractivity contribution >= 4 is 27.3 Å². The van der Waals surface area contributed by atoms with Gasteiger partial charge in [0.2, 0.25) is 10.0 Å². The molecule has 1 heterocycles. The van der Waals surface area contributed by atoms with Gasteiger partial charge in [-0.3, -0.25) is 0 Å². The first kappa shape index (κ1) is 12.7. The Morgan fingerprint density at radius 2 is 1.59 bits per heavy atom. The third kappa shape index (κ3) is 3.12. The van der Waals surface area contributed by atoms with E-state index in [0.29, 0.717) is 31.2 Å². The molecular formula is C11H15ClN2O2S. The Kier molecular flexibility index (Phi) is 3.61. The fourth-order valence-electron chi connectivity index (χ4n) is 1.93. The standard InChI is InChI=1S/C11H15ClN2O2S/c1-17(15,16)14-8-6-13(7-9-14)11-4-2-10(12)3-5-11/h2-5H,6-9H2,1H3. The van der Waals surface area contributed by atoms with Gasteiger partial charge in [0.15, 0.2) is 0 Å². The van der Waals surface area contributed by atoms with Gasteiger partial charge in [-0.05, 0) is 24.3 Å². The number of piperazine rings is 1. The predicted octanol–water partition coefficient (Wildman–Crippen LogP) is 1.42. The smallest absolute Gasteiger partial charge is 0.211 e. The Hall–Kier alpha value is -0.780. The van der Waals surface area contributed by atoms with Crippen LogP contribution in [-0.2, 0) is 10.0 Å². The molecular weight excluding hydrogens is 260 g/mol. The summed E-state index contributed by atoms with van der Waals surface area (Å²) in [4.78, 5) is 2.16. The monoisotopic (exact) mass is 274 g/mol. The number of halogens is 1. The maximum absolute atomic E-state index is 11.4. The van der Waals surface area contributed by atoms with Crippen LogP contribution in [0.2, 0.25) is 5.02 Å². The highest BCUT2D eigenvalue weighted by molar-refractivity contribution is 7.88. The van der Waals surface area contributed by atoms with E-state index in [2.05, 4.69) is 4.90 Å². The average molecular weight is 275 g/mol. The van der Waals surface area contributed by atoms with Crippen molar-refractivity contribution in [2.45, 2.75) is 0 Å². The van der Waals surface area contributed by atoms with Gasteiger partial charge in [0.25, 0.3) is 0 Å². The van der Waals surface area contributed by atoms with E-state index < -0.39 is 10.0 Å². The maximum atomic E-state index is 11.4. The second-order valence-corrected chi connectivity index (χ2v) is 6.54. The number of sulfonamides is 1. The lowest BCUT2D eigenvalue weighted by atomic mass is 10.2. The summed E-state index contributed by atoms with van der Waals surface area (Å²) in [7, 11) is -3.05. The van der Waals surface area contributed by atoms with E-state index in [1.807, 2.05) is 24.3 Å². The minimum Gasteiger partial charge on any atom is -0.369 e. The number of benzene rings is 1. The molecule has 0 amide bonds. The highest BCUT2D eigenvalue weighted by Gasteiger charge is 2.23. The molecule has 0 unspecified atom stereocenters. The summed E-state index contributed by atoms with van der Waals surface area (Å²) in [5, 5.41) is 0.712. The van der Waals surface area contributed by atoms with E-state index in [1.54, 1.807) is 0 Å². The van der Waals surface area contributed by atoms with Gasteiger partial charge in [0, 0.05) is 36.9 Å². The van der Waals surface area contributed by atoms with E-state index in [1.165, 1.54) is 10.6 Å². The third-order valence-corrected chi connectivity index (χ3v) is 4.45. The van der Waals surface area contributed by atoms with Gasteiger partial charge in [-0.15, -0.1) is 0 Å². The van der Waals surface area contributed by atoms with Crippen LogP contribution in [0.15, 0.2) is 24.3 Å². The van der Waals surface area contributed by atoms with Crippen LogP contribution in [0, 0.1) is 0 Å². The van der Waals surface area contributed by atoms with Gasteiger partial charge in [-0.1, -0.05) is 11.6 Å². The highest BCUT2D eigenvalue weighted by atomic mass is 35.5. The summed E-state index contributed by atoms with van der Waals surface area (Å²) in [5.41, 5.74) is 1.09. The number of hydrogen-bond donors (Lipinski definition) is 0. The number of nitrogens with zero attached hydrogens (tertiary/aromatic N) is 2. The number of anilines is 1. The molecule has 1 aromatic rings. The van der Waals surface area contributed by atoms with Crippen molar-refractivity contribution in [3.63, 3.8) is 0 Å². The first-order valence-electron chi connectivity index (χ1n) is 5.42. The highest BCUT2D eigenvalue weighted by Crippen LogP contribution is 2.19. The van der Waals surface area contributed by atoms with Crippen LogP contribution in [0.4, 0.5) is 5.69 Å². The molecule has 0 saturated carbocycles. The molecule has 0 radical (unpaired) electrons. The molecule has 1 fully saturated rings. The van der Waals surface area contributed by atoms with Crippen molar-refractivity contribution in [3.05, 3.63) is 29.3 Å². The minimum absolute atomic E-state index is 0.543. The summed E-state index contributed by atoms with van der Waals surface area (Å²) in [6.45, 7) is 2.52. The quantitative estimate of drug-likeness (QED) is 0.819. The van der Waals surface area contributed by atoms with E-state index in [0.717, 1.165) is 5.69 Å². The molecule has 1 aliphatic rings. The zero-order valence-electron chi connectivity index (χ0n) is 9.63. The van der Waals surface area contributed by atoms with E-state index >= 15 is 0 Å². The van der Waals surface area contributed by atoms with Crippen LogP contribution >= 0.6 is 11.6 Å². The summed E-state index contributed by atoms with van der Waals surface area (Å²) in [5.74, 6) is 0. The first-order valence-corrected chi connectivity index (χ1v) is 7.65. The van der Waals surface area contributed by atoms with Crippen LogP contribution in [0.1, 0.15) is 0 Å². The zero-order valence-corrected chi connectivity index (χ0v) is 11.2. The number of rotatable bonds is 2. The Balaban J connectivity index is 2.02. The molecule has 0 spiro atoms. The topological polar surface area (TPSA) is 40.6 Å². The summed E-state index contributed by atoms with van der Waals surface area (Å²) < 4.78 is 24.2. The van der Waals surface area contributed by atoms with Crippen molar-refractivity contribution in [2.75, 3.05) is 37.3 Å². The average Bonchev–Trinajstić information content (AvgIpc) is 2.29. The summed E-state index contributed by atoms with van der Waals surface area (Å²) in [6.07, 6.45) is 1.25. The van der Waals surface area contributed by atoms with Gasteiger partial charge in [-0.2, -0.15) is 4.31 Å². The fraction of sp³-hybridized carbons (Fsp3) is 0.455. The molecule has 0 aliphatic carbocycles. The molecule has 0 aromatic heterocycles. The molecule has 0 N–H and O–H groups in total. The molecule has 4 nitrogen and oxygen atoms in total. The Morgan fingerprint density at radius 1 is 1.06 bits per heavy atom. The van der Waals surface area contributed by atoms with E-state index in [4.69, 9.17) is 11.6 Å². The van der Waals surface area contributed by atoms with Crippen molar-refractivity contribution in [3.8, 4) is 0 Å². The third-order valence-electron chi connectivity index (χ3n) is 2.90. The minimum atomic E-state index is -3.05. The van der Waals surface area contributed by atoms with Gasteiger partial charge in [-0.25, -0.2) is 8.42 Å². The van der Waals surface area contributed by atoms with E-state index in [9.17, 15) is 8.42 Å². The van der Waals surface area contributed by atoms with Gasteiger partial charge < -0.3 is 4.90 Å². The molecule has 1 aliphatic heterocycles. The summed E-state index contributed by atoms with van der Waals surface area (Å²) in [6, 6.07) is 7.61.